The highest BCUT2D eigenvalue weighted by Crippen LogP contribution is 2.43. The van der Waals surface area contributed by atoms with Gasteiger partial charge in [0.2, 0.25) is 0 Å². The Hall–Kier alpha value is -2.37. The van der Waals surface area contributed by atoms with Crippen LogP contribution in [-0.4, -0.2) is 23.9 Å². The van der Waals surface area contributed by atoms with E-state index in [0.29, 0.717) is 5.76 Å². The van der Waals surface area contributed by atoms with E-state index in [4.69, 9.17) is 4.42 Å². The van der Waals surface area contributed by atoms with Crippen LogP contribution in [0.15, 0.2) is 53.1 Å². The second-order valence-electron chi connectivity index (χ2n) is 7.99. The van der Waals surface area contributed by atoms with Gasteiger partial charge in [0, 0.05) is 10.4 Å². The minimum atomic E-state index is -0.198. The van der Waals surface area contributed by atoms with Crippen molar-refractivity contribution in [2.75, 3.05) is 18.4 Å². The molecule has 1 aromatic carbocycles. The minimum absolute atomic E-state index is 0.139. The van der Waals surface area contributed by atoms with Gasteiger partial charge in [-0.1, -0.05) is 37.3 Å². The Morgan fingerprint density at radius 3 is 2.52 bits per heavy atom. The fraction of sp³-hybridized carbons (Fsp3) is 0.375. The maximum atomic E-state index is 12.7. The minimum Gasteiger partial charge on any atom is -0.459 e. The third-order valence-corrected chi connectivity index (χ3v) is 7.11. The molecule has 29 heavy (non-hydrogen) atoms. The Labute approximate surface area is 176 Å². The molecule has 1 amide bonds. The van der Waals surface area contributed by atoms with Crippen molar-refractivity contribution in [1.29, 1.82) is 0 Å². The molecule has 1 saturated heterocycles. The molecule has 0 spiro atoms. The maximum absolute atomic E-state index is 12.7. The quantitative estimate of drug-likeness (QED) is 0.560. The smallest absolute Gasteiger partial charge is 0.291 e. The highest BCUT2D eigenvalue weighted by Gasteiger charge is 2.31. The van der Waals surface area contributed by atoms with Gasteiger partial charge in [-0.25, -0.2) is 0 Å². The summed E-state index contributed by atoms with van der Waals surface area (Å²) >= 11 is 1.65. The zero-order valence-corrected chi connectivity index (χ0v) is 18.1. The number of nitrogens with one attached hydrogen (secondary N) is 1. The second kappa shape index (κ2) is 8.56. The summed E-state index contributed by atoms with van der Waals surface area (Å²) in [6, 6.07) is 14.2. The van der Waals surface area contributed by atoms with Crippen LogP contribution in [0.3, 0.4) is 0 Å². The highest BCUT2D eigenvalue weighted by molar-refractivity contribution is 7.16. The number of aryl methyl sites for hydroxylation is 1. The Morgan fingerprint density at radius 1 is 1.14 bits per heavy atom. The summed E-state index contributed by atoms with van der Waals surface area (Å²) in [5.41, 5.74) is 3.75. The van der Waals surface area contributed by atoms with Gasteiger partial charge < -0.3 is 9.73 Å². The lowest BCUT2D eigenvalue weighted by atomic mass is 9.91. The molecule has 1 aliphatic rings. The van der Waals surface area contributed by atoms with Crippen molar-refractivity contribution in [3.05, 3.63) is 76.1 Å². The number of furan rings is 1. The molecule has 1 aliphatic heterocycles. The first-order valence-corrected chi connectivity index (χ1v) is 11.1. The number of rotatable bonds is 5. The number of hydrogen-bond donors (Lipinski definition) is 1. The van der Waals surface area contributed by atoms with Crippen molar-refractivity contribution in [3.63, 3.8) is 0 Å². The topological polar surface area (TPSA) is 45.5 Å². The van der Waals surface area contributed by atoms with E-state index < -0.39 is 0 Å². The Balaban J connectivity index is 1.75. The molecule has 0 radical (unpaired) electrons. The third kappa shape index (κ3) is 4.16. The van der Waals surface area contributed by atoms with Crippen LogP contribution in [-0.2, 0) is 0 Å². The number of carbonyl (C=O) groups is 1. The second-order valence-corrected chi connectivity index (χ2v) is 9.21. The molecule has 3 aromatic rings. The summed E-state index contributed by atoms with van der Waals surface area (Å²) in [7, 11) is 0. The van der Waals surface area contributed by atoms with Crippen LogP contribution < -0.4 is 5.32 Å². The van der Waals surface area contributed by atoms with Crippen LogP contribution in [0.4, 0.5) is 5.00 Å². The van der Waals surface area contributed by atoms with E-state index in [1.165, 1.54) is 40.7 Å². The van der Waals surface area contributed by atoms with Gasteiger partial charge in [-0.15, -0.1) is 11.3 Å². The van der Waals surface area contributed by atoms with Crippen LogP contribution in [0.25, 0.3) is 0 Å². The van der Waals surface area contributed by atoms with Gasteiger partial charge in [-0.3, -0.25) is 9.69 Å². The molecular formula is C24H28N2O2S. The van der Waals surface area contributed by atoms with Crippen molar-refractivity contribution < 1.29 is 9.21 Å². The van der Waals surface area contributed by atoms with Crippen molar-refractivity contribution in [2.24, 2.45) is 5.92 Å². The van der Waals surface area contributed by atoms with Crippen LogP contribution in [0.1, 0.15) is 57.9 Å². The number of benzene rings is 1. The lowest BCUT2D eigenvalue weighted by molar-refractivity contribution is 0.0996. The van der Waals surface area contributed by atoms with Crippen molar-refractivity contribution in [3.8, 4) is 0 Å². The molecule has 0 saturated carbocycles. The van der Waals surface area contributed by atoms with Gasteiger partial charge in [0.25, 0.3) is 5.91 Å². The zero-order valence-electron chi connectivity index (χ0n) is 17.3. The predicted molar refractivity (Wildman–Crippen MR) is 119 cm³/mol. The standard InChI is InChI=1S/C24H28N2O2S/c1-16-11-13-26(14-12-16)22(19-8-5-4-6-9-19)21-17(2)18(3)29-24(21)25-23(27)20-10-7-15-28-20/h4-10,15-16,22H,11-14H2,1-3H3,(H,25,27)/t22-/m1/s1. The first-order valence-electron chi connectivity index (χ1n) is 10.3. The third-order valence-electron chi connectivity index (χ3n) is 5.98. The Bertz CT molecular complexity index is 954. The molecule has 1 fully saturated rings. The summed E-state index contributed by atoms with van der Waals surface area (Å²) in [6.45, 7) is 8.78. The average Bonchev–Trinajstić information content (AvgIpc) is 3.35. The zero-order chi connectivity index (χ0) is 20.4. The predicted octanol–water partition coefficient (Wildman–Crippen LogP) is 6.03. The van der Waals surface area contributed by atoms with E-state index in [-0.39, 0.29) is 11.9 Å². The van der Waals surface area contributed by atoms with E-state index in [9.17, 15) is 4.79 Å². The van der Waals surface area contributed by atoms with E-state index in [2.05, 4.69) is 61.3 Å². The summed E-state index contributed by atoms with van der Waals surface area (Å²) in [4.78, 5) is 16.5. The van der Waals surface area contributed by atoms with E-state index >= 15 is 0 Å². The number of anilines is 1. The van der Waals surface area contributed by atoms with Crippen LogP contribution in [0.5, 0.6) is 0 Å². The number of amides is 1. The Kier molecular flexibility index (Phi) is 5.88. The monoisotopic (exact) mass is 408 g/mol. The summed E-state index contributed by atoms with van der Waals surface area (Å²) < 4.78 is 5.30. The molecule has 0 aliphatic carbocycles. The molecule has 0 bridgehead atoms. The number of piperidine rings is 1. The SMILES string of the molecule is Cc1sc(NC(=O)c2ccco2)c([C@@H](c2ccccc2)N2CCC(C)CC2)c1C. The lowest BCUT2D eigenvalue weighted by Crippen LogP contribution is -2.37. The maximum Gasteiger partial charge on any atom is 0.291 e. The number of carbonyl (C=O) groups excluding carboxylic acids is 1. The largest absolute Gasteiger partial charge is 0.459 e. The van der Waals surface area contributed by atoms with Crippen molar-refractivity contribution >= 4 is 22.2 Å². The average molecular weight is 409 g/mol. The summed E-state index contributed by atoms with van der Waals surface area (Å²) in [5, 5.41) is 4.06. The molecule has 0 unspecified atom stereocenters. The molecule has 1 atom stereocenters. The molecular weight excluding hydrogens is 380 g/mol. The van der Waals surface area contributed by atoms with Gasteiger partial charge in [0.15, 0.2) is 5.76 Å². The van der Waals surface area contributed by atoms with Crippen LogP contribution in [0, 0.1) is 19.8 Å². The van der Waals surface area contributed by atoms with Crippen molar-refractivity contribution in [1.82, 2.24) is 4.90 Å². The lowest BCUT2D eigenvalue weighted by Gasteiger charge is -2.37. The molecule has 2 aromatic heterocycles. The van der Waals surface area contributed by atoms with Gasteiger partial charge in [-0.2, -0.15) is 0 Å². The molecule has 1 N–H and O–H groups in total. The molecule has 4 rings (SSSR count). The normalized spacial score (nSPS) is 16.7. The fourth-order valence-electron chi connectivity index (χ4n) is 4.12. The van der Waals surface area contributed by atoms with Gasteiger partial charge in [-0.05, 0) is 69.0 Å². The van der Waals surface area contributed by atoms with E-state index in [1.54, 1.807) is 23.5 Å². The fourth-order valence-corrected chi connectivity index (χ4v) is 5.21. The van der Waals surface area contributed by atoms with Crippen LogP contribution in [0.2, 0.25) is 0 Å². The first kappa shape index (κ1) is 19.9. The summed E-state index contributed by atoms with van der Waals surface area (Å²) in [5.74, 6) is 0.908. The first-order chi connectivity index (χ1) is 14.0. The summed E-state index contributed by atoms with van der Waals surface area (Å²) in [6.07, 6.45) is 3.95. The van der Waals surface area contributed by atoms with Gasteiger partial charge in [0.05, 0.1) is 12.3 Å². The Morgan fingerprint density at radius 2 is 1.86 bits per heavy atom. The highest BCUT2D eigenvalue weighted by atomic mass is 32.1. The molecule has 5 heteroatoms. The van der Waals surface area contributed by atoms with Crippen molar-refractivity contribution in [2.45, 2.75) is 39.7 Å². The van der Waals surface area contributed by atoms with Crippen LogP contribution >= 0.6 is 11.3 Å². The molecule has 4 nitrogen and oxygen atoms in total. The van der Waals surface area contributed by atoms with E-state index in [1.807, 2.05) is 0 Å². The number of likely N-dealkylation sites (tertiary alicyclic amines) is 1. The number of thiophene rings is 1. The molecule has 3 heterocycles. The number of nitrogens with zero attached hydrogens (tertiary/aromatic N) is 1. The van der Waals surface area contributed by atoms with Gasteiger partial charge >= 0.3 is 0 Å². The molecule has 152 valence electrons. The van der Waals surface area contributed by atoms with E-state index in [0.717, 1.165) is 24.0 Å². The number of hydrogen-bond acceptors (Lipinski definition) is 4. The van der Waals surface area contributed by atoms with Gasteiger partial charge in [0.1, 0.15) is 5.00 Å².